The Kier molecular flexibility index (Phi) is 7.14. The molecular weight excluding hydrogens is 617 g/mol. The maximum Gasteiger partial charge on any atom is 0.420 e. The number of fused-ring (bicyclic) bond motifs is 3. The number of piperazine rings is 1. The standard InChI is InChI=1S/C29H31F3N6O4S2/c1-3-16-8-17(38-13-18-9-19(38)12-36(18)2)4-5-22(16)34-28-33-11-21(29(30,31)32)25(35-28)23-10-24-26(43-23)27(39)37(20-14-42-15-20)6-7-44(24,40)41/h4-5,8,10-11,18-20H,3,6-7,9,12-15H2,1-2H3,(H,33,34,35)/t18-,19-/m0/s1. The average molecular weight is 649 g/mol. The Bertz CT molecular complexity index is 1740. The van der Waals surface area contributed by atoms with Crippen LogP contribution in [0.1, 0.15) is 34.1 Å². The average Bonchev–Trinajstić information content (AvgIpc) is 3.67. The molecule has 4 aliphatic rings. The van der Waals surface area contributed by atoms with Crippen LogP contribution in [-0.4, -0.2) is 97.9 Å². The number of likely N-dealkylation sites (N-methyl/N-ethyl adjacent to an activating group) is 1. The summed E-state index contributed by atoms with van der Waals surface area (Å²) < 4.78 is 74.0. The molecule has 234 valence electrons. The molecule has 0 saturated carbocycles. The number of likely N-dealkylation sites (tertiary alicyclic amines) is 1. The molecule has 3 saturated heterocycles. The van der Waals surface area contributed by atoms with Gasteiger partial charge in [0, 0.05) is 49.3 Å². The molecule has 2 aromatic heterocycles. The van der Waals surface area contributed by atoms with Crippen molar-refractivity contribution in [2.45, 2.75) is 49.0 Å². The summed E-state index contributed by atoms with van der Waals surface area (Å²) >= 11 is 0.705. The van der Waals surface area contributed by atoms with Crippen LogP contribution in [-0.2, 0) is 27.2 Å². The SMILES string of the molecule is CCc1cc(N2C[C@@H]3C[C@H]2CN3C)ccc1Nc1ncc(C(F)(F)F)c(-c2cc3c(s2)C(=O)N(C2COC2)CCS3(=O)=O)n1. The van der Waals surface area contributed by atoms with Gasteiger partial charge in [0.25, 0.3) is 5.91 Å². The van der Waals surface area contributed by atoms with Crippen LogP contribution in [0.5, 0.6) is 0 Å². The number of halogens is 3. The predicted molar refractivity (Wildman–Crippen MR) is 159 cm³/mol. The van der Waals surface area contributed by atoms with E-state index in [9.17, 15) is 26.4 Å². The van der Waals surface area contributed by atoms with Crippen LogP contribution in [0.4, 0.5) is 30.5 Å². The number of sulfone groups is 1. The lowest BCUT2D eigenvalue weighted by Gasteiger charge is -2.36. The highest BCUT2D eigenvalue weighted by atomic mass is 32.2. The van der Waals surface area contributed by atoms with Crippen molar-refractivity contribution in [2.24, 2.45) is 0 Å². The highest BCUT2D eigenvalue weighted by Crippen LogP contribution is 2.43. The Morgan fingerprint density at radius 3 is 2.55 bits per heavy atom. The third-order valence-electron chi connectivity index (χ3n) is 9.04. The number of carbonyl (C=O) groups is 1. The van der Waals surface area contributed by atoms with Gasteiger partial charge in [-0.1, -0.05) is 6.92 Å². The highest BCUT2D eigenvalue weighted by Gasteiger charge is 2.42. The van der Waals surface area contributed by atoms with Gasteiger partial charge in [0.1, 0.15) is 10.4 Å². The molecule has 44 heavy (non-hydrogen) atoms. The monoisotopic (exact) mass is 648 g/mol. The van der Waals surface area contributed by atoms with Gasteiger partial charge in [-0.25, -0.2) is 18.4 Å². The van der Waals surface area contributed by atoms with E-state index in [0.29, 0.717) is 41.7 Å². The molecule has 7 rings (SSSR count). The molecule has 1 amide bonds. The number of nitrogens with one attached hydrogen (secondary N) is 1. The first-order valence-electron chi connectivity index (χ1n) is 14.5. The highest BCUT2D eigenvalue weighted by molar-refractivity contribution is 7.91. The number of rotatable bonds is 6. The molecule has 0 radical (unpaired) electrons. The summed E-state index contributed by atoms with van der Waals surface area (Å²) in [4.78, 5) is 27.4. The van der Waals surface area contributed by atoms with E-state index in [0.717, 1.165) is 36.8 Å². The summed E-state index contributed by atoms with van der Waals surface area (Å²) in [6.45, 7) is 4.54. The molecule has 1 N–H and O–H groups in total. The van der Waals surface area contributed by atoms with Crippen molar-refractivity contribution >= 4 is 44.4 Å². The van der Waals surface area contributed by atoms with Gasteiger partial charge in [-0.05, 0) is 49.7 Å². The van der Waals surface area contributed by atoms with Crippen molar-refractivity contribution in [3.05, 3.63) is 46.5 Å². The normalized spacial score (nSPS) is 23.5. The first-order valence-corrected chi connectivity index (χ1v) is 17.0. The lowest BCUT2D eigenvalue weighted by atomic mass is 10.1. The molecule has 0 unspecified atom stereocenters. The Morgan fingerprint density at radius 2 is 1.91 bits per heavy atom. The molecule has 0 aliphatic carbocycles. The van der Waals surface area contributed by atoms with Crippen LogP contribution in [0.15, 0.2) is 35.4 Å². The maximum atomic E-state index is 14.2. The van der Waals surface area contributed by atoms with Crippen LogP contribution in [0.2, 0.25) is 0 Å². The number of aromatic nitrogens is 2. The first kappa shape index (κ1) is 29.4. The first-order chi connectivity index (χ1) is 20.9. The Hall–Kier alpha value is -3.27. The van der Waals surface area contributed by atoms with Crippen molar-refractivity contribution in [2.75, 3.05) is 55.9 Å². The van der Waals surface area contributed by atoms with Crippen LogP contribution in [0, 0.1) is 0 Å². The minimum absolute atomic E-state index is 0.00407. The Labute approximate surface area is 256 Å². The number of hydrogen-bond donors (Lipinski definition) is 1. The molecule has 4 aliphatic heterocycles. The second-order valence-corrected chi connectivity index (χ2v) is 14.9. The van der Waals surface area contributed by atoms with Crippen molar-refractivity contribution in [1.82, 2.24) is 19.8 Å². The number of aryl methyl sites for hydroxylation is 1. The maximum absolute atomic E-state index is 14.2. The van der Waals surface area contributed by atoms with Crippen molar-refractivity contribution in [1.29, 1.82) is 0 Å². The van der Waals surface area contributed by atoms with Gasteiger partial charge in [-0.15, -0.1) is 11.3 Å². The van der Waals surface area contributed by atoms with E-state index in [1.165, 1.54) is 4.90 Å². The van der Waals surface area contributed by atoms with Gasteiger partial charge in [0.15, 0.2) is 9.84 Å². The van der Waals surface area contributed by atoms with Crippen LogP contribution >= 0.6 is 11.3 Å². The van der Waals surface area contributed by atoms with E-state index in [-0.39, 0.29) is 52.2 Å². The van der Waals surface area contributed by atoms with E-state index in [1.807, 2.05) is 19.1 Å². The van der Waals surface area contributed by atoms with E-state index >= 15 is 0 Å². The number of benzene rings is 1. The lowest BCUT2D eigenvalue weighted by molar-refractivity contribution is -0.137. The van der Waals surface area contributed by atoms with Crippen molar-refractivity contribution < 1.29 is 31.1 Å². The van der Waals surface area contributed by atoms with Gasteiger partial charge in [-0.2, -0.15) is 13.2 Å². The number of ether oxygens (including phenoxy) is 1. The number of nitrogens with zero attached hydrogens (tertiary/aromatic N) is 5. The third-order valence-corrected chi connectivity index (χ3v) is 12.0. The number of alkyl halides is 3. The van der Waals surface area contributed by atoms with E-state index in [1.54, 1.807) is 0 Å². The van der Waals surface area contributed by atoms with Gasteiger partial charge >= 0.3 is 6.18 Å². The number of hydrogen-bond acceptors (Lipinski definition) is 10. The fraction of sp³-hybridized carbons (Fsp3) is 0.483. The van der Waals surface area contributed by atoms with E-state index < -0.39 is 33.2 Å². The molecule has 10 nitrogen and oxygen atoms in total. The fourth-order valence-electron chi connectivity index (χ4n) is 6.50. The molecule has 3 fully saturated rings. The number of amides is 1. The lowest BCUT2D eigenvalue weighted by Crippen LogP contribution is -2.52. The van der Waals surface area contributed by atoms with Gasteiger partial charge < -0.3 is 19.9 Å². The van der Waals surface area contributed by atoms with Crippen LogP contribution in [0.3, 0.4) is 0 Å². The number of carbonyl (C=O) groups excluding carboxylic acids is 1. The molecule has 2 bridgehead atoms. The topological polar surface area (TPSA) is 108 Å². The van der Waals surface area contributed by atoms with E-state index in [4.69, 9.17) is 4.74 Å². The summed E-state index contributed by atoms with van der Waals surface area (Å²) in [7, 11) is -1.78. The zero-order valence-electron chi connectivity index (χ0n) is 24.1. The number of anilines is 3. The molecular formula is C29H31F3N6O4S2. The predicted octanol–water partition coefficient (Wildman–Crippen LogP) is 4.05. The quantitative estimate of drug-likeness (QED) is 0.424. The molecule has 1 aromatic carbocycles. The summed E-state index contributed by atoms with van der Waals surface area (Å²) in [5.74, 6) is -0.924. The van der Waals surface area contributed by atoms with Gasteiger partial charge in [-0.3, -0.25) is 9.69 Å². The minimum atomic E-state index is -4.81. The Morgan fingerprint density at radius 1 is 1.11 bits per heavy atom. The number of thiophene rings is 1. The summed E-state index contributed by atoms with van der Waals surface area (Å²) in [5, 5.41) is 3.09. The zero-order chi connectivity index (χ0) is 31.0. The summed E-state index contributed by atoms with van der Waals surface area (Å²) in [6, 6.07) is 7.86. The van der Waals surface area contributed by atoms with Gasteiger partial charge in [0.2, 0.25) is 5.95 Å². The second-order valence-electron chi connectivity index (χ2n) is 11.7. The van der Waals surface area contributed by atoms with Crippen molar-refractivity contribution in [3.8, 4) is 10.6 Å². The van der Waals surface area contributed by atoms with E-state index in [2.05, 4.69) is 38.2 Å². The largest absolute Gasteiger partial charge is 0.420 e. The van der Waals surface area contributed by atoms with Crippen molar-refractivity contribution in [3.63, 3.8) is 0 Å². The molecule has 2 atom stereocenters. The minimum Gasteiger partial charge on any atom is -0.377 e. The Balaban J connectivity index is 1.23. The van der Waals surface area contributed by atoms with Gasteiger partial charge in [0.05, 0.1) is 40.5 Å². The smallest absolute Gasteiger partial charge is 0.377 e. The zero-order valence-corrected chi connectivity index (χ0v) is 25.7. The van der Waals surface area contributed by atoms with Crippen LogP contribution in [0.25, 0.3) is 10.6 Å². The third kappa shape index (κ3) is 5.03. The summed E-state index contributed by atoms with van der Waals surface area (Å²) in [5.41, 5.74) is 1.13. The second kappa shape index (κ2) is 10.7. The van der Waals surface area contributed by atoms with Crippen LogP contribution < -0.4 is 10.2 Å². The molecule has 3 aromatic rings. The molecule has 15 heteroatoms. The summed E-state index contributed by atoms with van der Waals surface area (Å²) in [6.07, 6.45) is -2.31. The molecule has 0 spiro atoms. The molecule has 6 heterocycles. The fourth-order valence-corrected chi connectivity index (χ4v) is 9.41.